The fourth-order valence-electron chi connectivity index (χ4n) is 6.24. The summed E-state index contributed by atoms with van der Waals surface area (Å²) in [5.41, 5.74) is 2.09. The lowest BCUT2D eigenvalue weighted by molar-refractivity contribution is -0.147. The smallest absolute Gasteiger partial charge is 0.306 e. The summed E-state index contributed by atoms with van der Waals surface area (Å²) >= 11 is 0. The van der Waals surface area contributed by atoms with Gasteiger partial charge in [0.15, 0.2) is 6.10 Å². The van der Waals surface area contributed by atoms with Crippen LogP contribution >= 0.6 is 0 Å². The van der Waals surface area contributed by atoms with Crippen LogP contribution in [0.25, 0.3) is 21.5 Å². The first-order chi connectivity index (χ1) is 17.5. The van der Waals surface area contributed by atoms with Crippen molar-refractivity contribution in [3.8, 4) is 0 Å². The first-order valence-electron chi connectivity index (χ1n) is 13.7. The minimum Gasteiger partial charge on any atom is -0.453 e. The van der Waals surface area contributed by atoms with Crippen molar-refractivity contribution in [2.45, 2.75) is 76.7 Å². The Balaban J connectivity index is 1.83. The SMILES string of the molecule is CCC[Si](CCC)(CCC)C(C)C(=O)OC(c1cccc2ccccc12)c1cccc2ccccc12. The summed E-state index contributed by atoms with van der Waals surface area (Å²) in [6.07, 6.45) is 2.97. The summed E-state index contributed by atoms with van der Waals surface area (Å²) in [6.45, 7) is 8.96. The Labute approximate surface area is 217 Å². The lowest BCUT2D eigenvalue weighted by atomic mass is 9.92. The molecule has 0 radical (unpaired) electrons. The van der Waals surface area contributed by atoms with Crippen LogP contribution < -0.4 is 0 Å². The summed E-state index contributed by atoms with van der Waals surface area (Å²) in [5, 5.41) is 4.60. The largest absolute Gasteiger partial charge is 0.453 e. The Morgan fingerprint density at radius 1 is 0.667 bits per heavy atom. The number of hydrogen-bond donors (Lipinski definition) is 0. The maximum absolute atomic E-state index is 14.1. The van der Waals surface area contributed by atoms with Crippen molar-refractivity contribution in [3.05, 3.63) is 96.1 Å². The van der Waals surface area contributed by atoms with E-state index in [0.717, 1.165) is 51.9 Å². The molecular weight excluding hydrogens is 456 g/mol. The Bertz CT molecular complexity index is 1200. The van der Waals surface area contributed by atoms with Crippen molar-refractivity contribution in [2.75, 3.05) is 0 Å². The predicted molar refractivity (Wildman–Crippen MR) is 156 cm³/mol. The van der Waals surface area contributed by atoms with Gasteiger partial charge >= 0.3 is 5.97 Å². The Kier molecular flexibility index (Phi) is 8.63. The summed E-state index contributed by atoms with van der Waals surface area (Å²) in [4.78, 5) is 14.1. The molecule has 4 rings (SSSR count). The molecule has 188 valence electrons. The van der Waals surface area contributed by atoms with Crippen LogP contribution in [0.5, 0.6) is 0 Å². The third-order valence-corrected chi connectivity index (χ3v) is 14.5. The topological polar surface area (TPSA) is 26.3 Å². The molecule has 0 aliphatic carbocycles. The van der Waals surface area contributed by atoms with Gasteiger partial charge in [0, 0.05) is 16.7 Å². The average molecular weight is 497 g/mol. The van der Waals surface area contributed by atoms with E-state index in [1.54, 1.807) is 0 Å². The van der Waals surface area contributed by atoms with E-state index < -0.39 is 14.2 Å². The Morgan fingerprint density at radius 2 is 1.08 bits per heavy atom. The molecule has 0 heterocycles. The molecular formula is C33H40O2Si. The van der Waals surface area contributed by atoms with Crippen molar-refractivity contribution in [3.63, 3.8) is 0 Å². The van der Waals surface area contributed by atoms with E-state index in [9.17, 15) is 4.79 Å². The van der Waals surface area contributed by atoms with Crippen molar-refractivity contribution in [1.82, 2.24) is 0 Å². The molecule has 0 spiro atoms. The number of hydrogen-bond acceptors (Lipinski definition) is 2. The highest BCUT2D eigenvalue weighted by Crippen LogP contribution is 2.41. The fraction of sp³-hybridized carbons (Fsp3) is 0.364. The van der Waals surface area contributed by atoms with Crippen LogP contribution in [0.1, 0.15) is 64.2 Å². The van der Waals surface area contributed by atoms with Crippen LogP contribution in [0, 0.1) is 0 Å². The maximum atomic E-state index is 14.1. The van der Waals surface area contributed by atoms with E-state index in [-0.39, 0.29) is 11.5 Å². The van der Waals surface area contributed by atoms with Gasteiger partial charge in [-0.1, -0.05) is 150 Å². The number of fused-ring (bicyclic) bond motifs is 2. The molecule has 0 saturated carbocycles. The highest BCUT2D eigenvalue weighted by Gasteiger charge is 2.42. The van der Waals surface area contributed by atoms with Crippen LogP contribution in [0.15, 0.2) is 84.9 Å². The van der Waals surface area contributed by atoms with E-state index in [4.69, 9.17) is 4.74 Å². The summed E-state index contributed by atoms with van der Waals surface area (Å²) in [5.74, 6) is -0.0251. The van der Waals surface area contributed by atoms with Crippen molar-refractivity contribution >= 4 is 35.6 Å². The zero-order chi connectivity index (χ0) is 25.5. The van der Waals surface area contributed by atoms with Gasteiger partial charge < -0.3 is 4.74 Å². The van der Waals surface area contributed by atoms with E-state index in [2.05, 4.69) is 113 Å². The van der Waals surface area contributed by atoms with E-state index in [1.807, 2.05) is 0 Å². The second kappa shape index (κ2) is 11.9. The molecule has 4 aromatic rings. The number of esters is 1. The van der Waals surface area contributed by atoms with Gasteiger partial charge in [-0.15, -0.1) is 0 Å². The summed E-state index contributed by atoms with van der Waals surface area (Å²) < 4.78 is 6.64. The molecule has 2 nitrogen and oxygen atoms in total. The maximum Gasteiger partial charge on any atom is 0.306 e. The molecule has 0 N–H and O–H groups in total. The van der Waals surface area contributed by atoms with Gasteiger partial charge in [-0.2, -0.15) is 0 Å². The van der Waals surface area contributed by atoms with E-state index in [1.165, 1.54) is 18.1 Å². The summed E-state index contributed by atoms with van der Waals surface area (Å²) in [7, 11) is -1.81. The summed E-state index contributed by atoms with van der Waals surface area (Å²) in [6, 6.07) is 33.1. The van der Waals surface area contributed by atoms with Crippen molar-refractivity contribution in [1.29, 1.82) is 0 Å². The minimum atomic E-state index is -1.81. The predicted octanol–water partition coefficient (Wildman–Crippen LogP) is 9.69. The van der Waals surface area contributed by atoms with Crippen LogP contribution in [0.3, 0.4) is 0 Å². The molecule has 1 unspecified atom stereocenters. The van der Waals surface area contributed by atoms with Crippen molar-refractivity contribution < 1.29 is 9.53 Å². The fourth-order valence-corrected chi connectivity index (χ4v) is 11.8. The van der Waals surface area contributed by atoms with Gasteiger partial charge in [-0.25, -0.2) is 0 Å². The number of carbonyl (C=O) groups is 1. The number of carbonyl (C=O) groups excluding carboxylic acids is 1. The second-order valence-corrected chi connectivity index (χ2v) is 15.4. The Morgan fingerprint density at radius 3 is 1.53 bits per heavy atom. The highest BCUT2D eigenvalue weighted by atomic mass is 28.3. The first-order valence-corrected chi connectivity index (χ1v) is 16.4. The van der Waals surface area contributed by atoms with Crippen LogP contribution in [-0.2, 0) is 9.53 Å². The molecule has 0 saturated heterocycles. The lowest BCUT2D eigenvalue weighted by Gasteiger charge is -2.37. The molecule has 0 aliphatic rings. The van der Waals surface area contributed by atoms with Crippen LogP contribution in [0.4, 0.5) is 0 Å². The Hall–Kier alpha value is -2.91. The van der Waals surface area contributed by atoms with Gasteiger partial charge in [0.1, 0.15) is 0 Å². The number of ether oxygens (including phenoxy) is 1. The quantitative estimate of drug-likeness (QED) is 0.153. The van der Waals surface area contributed by atoms with E-state index in [0.29, 0.717) is 0 Å². The zero-order valence-corrected chi connectivity index (χ0v) is 23.3. The molecule has 0 bridgehead atoms. The van der Waals surface area contributed by atoms with Gasteiger partial charge in [-0.05, 0) is 21.5 Å². The van der Waals surface area contributed by atoms with Gasteiger partial charge in [-0.3, -0.25) is 4.79 Å². The molecule has 4 aromatic carbocycles. The minimum absolute atomic E-state index is 0.0233. The first kappa shape index (κ1) is 26.2. The molecule has 36 heavy (non-hydrogen) atoms. The molecule has 0 fully saturated rings. The third kappa shape index (κ3) is 5.27. The third-order valence-electron chi connectivity index (χ3n) is 7.96. The molecule has 0 aromatic heterocycles. The zero-order valence-electron chi connectivity index (χ0n) is 22.3. The molecule has 0 amide bonds. The second-order valence-electron chi connectivity index (χ2n) is 10.3. The monoisotopic (exact) mass is 496 g/mol. The lowest BCUT2D eigenvalue weighted by Crippen LogP contribution is -2.42. The standard InChI is InChI=1S/C33H40O2Si/c1-5-22-36(23-6-2,24-7-3)25(4)33(34)35-32(30-20-12-16-26-14-8-10-18-28(26)30)31-21-13-17-27-15-9-11-19-29(27)31/h8-21,25,32H,5-7,22-24H2,1-4H3. The van der Waals surface area contributed by atoms with Gasteiger partial charge in [0.2, 0.25) is 0 Å². The van der Waals surface area contributed by atoms with E-state index >= 15 is 0 Å². The average Bonchev–Trinajstić information content (AvgIpc) is 2.91. The van der Waals surface area contributed by atoms with Gasteiger partial charge in [0.05, 0.1) is 8.07 Å². The number of benzene rings is 4. The van der Waals surface area contributed by atoms with Gasteiger partial charge in [0.25, 0.3) is 0 Å². The number of rotatable bonds is 11. The van der Waals surface area contributed by atoms with Crippen LogP contribution in [-0.4, -0.2) is 14.0 Å². The van der Waals surface area contributed by atoms with Crippen molar-refractivity contribution in [2.24, 2.45) is 0 Å². The van der Waals surface area contributed by atoms with Crippen LogP contribution in [0.2, 0.25) is 23.7 Å². The molecule has 0 aliphatic heterocycles. The normalized spacial score (nSPS) is 12.8. The highest BCUT2D eigenvalue weighted by molar-refractivity contribution is 6.83. The molecule has 3 heteroatoms. The molecule has 1 atom stereocenters.